The molecule has 0 saturated carbocycles. The number of hydrogen-bond donors (Lipinski definition) is 1. The van der Waals surface area contributed by atoms with Crippen LogP contribution in [-0.2, 0) is 12.8 Å². The zero-order chi connectivity index (χ0) is 13.8. The molecule has 0 fully saturated rings. The molecule has 2 rings (SSSR count). The van der Waals surface area contributed by atoms with Crippen LogP contribution >= 0.6 is 0 Å². The van der Waals surface area contributed by atoms with Gasteiger partial charge in [0, 0.05) is 12.6 Å². The molecule has 100 valence electrons. The predicted octanol–water partition coefficient (Wildman–Crippen LogP) is 3.37. The smallest absolute Gasteiger partial charge is 0.123 e. The van der Waals surface area contributed by atoms with Crippen LogP contribution in [0.4, 0.5) is 4.39 Å². The van der Waals surface area contributed by atoms with Gasteiger partial charge in [-0.25, -0.2) is 4.39 Å². The first-order chi connectivity index (χ1) is 9.11. The van der Waals surface area contributed by atoms with Crippen molar-refractivity contribution in [2.75, 3.05) is 0 Å². The first-order valence-corrected chi connectivity index (χ1v) is 6.48. The fourth-order valence-electron chi connectivity index (χ4n) is 2.24. The molecule has 0 saturated heterocycles. The zero-order valence-electron chi connectivity index (χ0n) is 11.2. The van der Waals surface area contributed by atoms with Gasteiger partial charge in [-0.05, 0) is 48.2 Å². The van der Waals surface area contributed by atoms with Crippen molar-refractivity contribution in [2.45, 2.75) is 32.8 Å². The SMILES string of the molecule is CCc1cccnc1C(O)Cc1ccc(F)cc1C. The van der Waals surface area contributed by atoms with Crippen molar-refractivity contribution in [1.29, 1.82) is 0 Å². The number of rotatable bonds is 4. The van der Waals surface area contributed by atoms with Crippen LogP contribution in [0, 0.1) is 12.7 Å². The molecule has 1 unspecified atom stereocenters. The normalized spacial score (nSPS) is 12.4. The van der Waals surface area contributed by atoms with Crippen LogP contribution in [-0.4, -0.2) is 10.1 Å². The third-order valence-electron chi connectivity index (χ3n) is 3.34. The number of hydrogen-bond acceptors (Lipinski definition) is 2. The van der Waals surface area contributed by atoms with Crippen molar-refractivity contribution < 1.29 is 9.50 Å². The number of aryl methyl sites for hydroxylation is 2. The van der Waals surface area contributed by atoms with Gasteiger partial charge in [0.25, 0.3) is 0 Å². The van der Waals surface area contributed by atoms with Gasteiger partial charge in [-0.15, -0.1) is 0 Å². The Labute approximate surface area is 112 Å². The average Bonchev–Trinajstić information content (AvgIpc) is 2.41. The Kier molecular flexibility index (Phi) is 4.27. The third kappa shape index (κ3) is 3.18. The quantitative estimate of drug-likeness (QED) is 0.913. The number of nitrogens with zero attached hydrogens (tertiary/aromatic N) is 1. The number of aliphatic hydroxyl groups is 1. The maximum Gasteiger partial charge on any atom is 0.123 e. The Morgan fingerprint density at radius 1 is 1.26 bits per heavy atom. The molecule has 19 heavy (non-hydrogen) atoms. The lowest BCUT2D eigenvalue weighted by Gasteiger charge is -2.15. The van der Waals surface area contributed by atoms with E-state index in [0.717, 1.165) is 23.1 Å². The highest BCUT2D eigenvalue weighted by Gasteiger charge is 2.14. The van der Waals surface area contributed by atoms with Crippen molar-refractivity contribution in [3.05, 3.63) is 64.7 Å². The van der Waals surface area contributed by atoms with Crippen LogP contribution in [0.1, 0.15) is 35.4 Å². The molecular weight excluding hydrogens is 241 g/mol. The summed E-state index contributed by atoms with van der Waals surface area (Å²) in [6, 6.07) is 8.49. The van der Waals surface area contributed by atoms with E-state index < -0.39 is 6.10 Å². The van der Waals surface area contributed by atoms with E-state index in [1.807, 2.05) is 26.0 Å². The van der Waals surface area contributed by atoms with Crippen LogP contribution in [0.25, 0.3) is 0 Å². The van der Waals surface area contributed by atoms with Gasteiger partial charge in [-0.2, -0.15) is 0 Å². The van der Waals surface area contributed by atoms with Crippen LogP contribution < -0.4 is 0 Å². The molecule has 1 N–H and O–H groups in total. The number of benzene rings is 1. The van der Waals surface area contributed by atoms with E-state index in [4.69, 9.17) is 0 Å². The van der Waals surface area contributed by atoms with E-state index in [-0.39, 0.29) is 5.82 Å². The van der Waals surface area contributed by atoms with E-state index in [1.165, 1.54) is 12.1 Å². The molecule has 1 atom stereocenters. The first-order valence-electron chi connectivity index (χ1n) is 6.48. The summed E-state index contributed by atoms with van der Waals surface area (Å²) < 4.78 is 13.1. The topological polar surface area (TPSA) is 33.1 Å². The summed E-state index contributed by atoms with van der Waals surface area (Å²) in [6.45, 7) is 3.89. The number of pyridine rings is 1. The molecule has 0 amide bonds. The zero-order valence-corrected chi connectivity index (χ0v) is 11.2. The highest BCUT2D eigenvalue weighted by atomic mass is 19.1. The molecular formula is C16H18FNO. The van der Waals surface area contributed by atoms with Crippen LogP contribution in [0.15, 0.2) is 36.5 Å². The summed E-state index contributed by atoms with van der Waals surface area (Å²) >= 11 is 0. The van der Waals surface area contributed by atoms with Gasteiger partial charge in [0.2, 0.25) is 0 Å². The molecule has 2 aromatic rings. The molecule has 0 aliphatic heterocycles. The number of aromatic nitrogens is 1. The van der Waals surface area contributed by atoms with Crippen molar-refractivity contribution in [3.63, 3.8) is 0 Å². The fourth-order valence-corrected chi connectivity index (χ4v) is 2.24. The maximum absolute atomic E-state index is 13.1. The standard InChI is InChI=1S/C16H18FNO/c1-3-12-5-4-8-18-16(12)15(19)10-13-6-7-14(17)9-11(13)2/h4-9,15,19H,3,10H2,1-2H3. The Morgan fingerprint density at radius 2 is 2.05 bits per heavy atom. The van der Waals surface area contributed by atoms with E-state index in [2.05, 4.69) is 4.98 Å². The summed E-state index contributed by atoms with van der Waals surface area (Å²) in [5.41, 5.74) is 3.57. The second-order valence-corrected chi connectivity index (χ2v) is 4.69. The summed E-state index contributed by atoms with van der Waals surface area (Å²) in [5, 5.41) is 10.3. The second kappa shape index (κ2) is 5.93. The van der Waals surface area contributed by atoms with Gasteiger partial charge in [0.05, 0.1) is 5.69 Å². The summed E-state index contributed by atoms with van der Waals surface area (Å²) in [4.78, 5) is 4.27. The molecule has 1 aromatic carbocycles. The third-order valence-corrected chi connectivity index (χ3v) is 3.34. The Morgan fingerprint density at radius 3 is 2.74 bits per heavy atom. The fraction of sp³-hybridized carbons (Fsp3) is 0.312. The lowest BCUT2D eigenvalue weighted by Crippen LogP contribution is -2.08. The van der Waals surface area contributed by atoms with E-state index >= 15 is 0 Å². The Balaban J connectivity index is 2.23. The molecule has 0 aliphatic rings. The van der Waals surface area contributed by atoms with Gasteiger partial charge >= 0.3 is 0 Å². The minimum Gasteiger partial charge on any atom is -0.386 e. The molecule has 0 bridgehead atoms. The summed E-state index contributed by atoms with van der Waals surface area (Å²) in [6.07, 6.45) is 2.33. The summed E-state index contributed by atoms with van der Waals surface area (Å²) in [7, 11) is 0. The highest BCUT2D eigenvalue weighted by Crippen LogP contribution is 2.22. The van der Waals surface area contributed by atoms with E-state index in [0.29, 0.717) is 12.1 Å². The maximum atomic E-state index is 13.1. The van der Waals surface area contributed by atoms with E-state index in [1.54, 1.807) is 12.3 Å². The van der Waals surface area contributed by atoms with Gasteiger partial charge in [0.15, 0.2) is 0 Å². The minimum absolute atomic E-state index is 0.247. The van der Waals surface area contributed by atoms with Gasteiger partial charge in [-0.1, -0.05) is 19.1 Å². The highest BCUT2D eigenvalue weighted by molar-refractivity contribution is 5.29. The van der Waals surface area contributed by atoms with Crippen LogP contribution in [0.5, 0.6) is 0 Å². The van der Waals surface area contributed by atoms with Crippen LogP contribution in [0.2, 0.25) is 0 Å². The first kappa shape index (κ1) is 13.7. The van der Waals surface area contributed by atoms with Gasteiger partial charge < -0.3 is 5.11 Å². The number of aliphatic hydroxyl groups excluding tert-OH is 1. The lowest BCUT2D eigenvalue weighted by atomic mass is 9.98. The molecule has 0 radical (unpaired) electrons. The molecule has 3 heteroatoms. The summed E-state index contributed by atoms with van der Waals surface area (Å²) in [5.74, 6) is -0.247. The number of halogens is 1. The Hall–Kier alpha value is -1.74. The molecule has 1 heterocycles. The van der Waals surface area contributed by atoms with Crippen molar-refractivity contribution in [2.24, 2.45) is 0 Å². The van der Waals surface area contributed by atoms with Crippen molar-refractivity contribution in [1.82, 2.24) is 4.98 Å². The van der Waals surface area contributed by atoms with Crippen molar-refractivity contribution in [3.8, 4) is 0 Å². The van der Waals surface area contributed by atoms with Gasteiger partial charge in [0.1, 0.15) is 11.9 Å². The van der Waals surface area contributed by atoms with E-state index in [9.17, 15) is 9.50 Å². The second-order valence-electron chi connectivity index (χ2n) is 4.69. The monoisotopic (exact) mass is 259 g/mol. The molecule has 0 aliphatic carbocycles. The predicted molar refractivity (Wildman–Crippen MR) is 73.4 cm³/mol. The van der Waals surface area contributed by atoms with Crippen LogP contribution in [0.3, 0.4) is 0 Å². The Bertz CT molecular complexity index is 568. The van der Waals surface area contributed by atoms with Gasteiger partial charge in [-0.3, -0.25) is 4.98 Å². The molecule has 2 nitrogen and oxygen atoms in total. The lowest BCUT2D eigenvalue weighted by molar-refractivity contribution is 0.172. The molecule has 1 aromatic heterocycles. The minimum atomic E-state index is -0.652. The van der Waals surface area contributed by atoms with Crippen molar-refractivity contribution >= 4 is 0 Å². The average molecular weight is 259 g/mol. The largest absolute Gasteiger partial charge is 0.386 e. The molecule has 0 spiro atoms.